The van der Waals surface area contributed by atoms with Crippen molar-refractivity contribution >= 4 is 29.1 Å². The summed E-state index contributed by atoms with van der Waals surface area (Å²) < 4.78 is 12.9. The number of hydrogen-bond acceptors (Lipinski definition) is 2. The van der Waals surface area contributed by atoms with Crippen LogP contribution < -0.4 is 10.6 Å². The molecule has 0 bridgehead atoms. The summed E-state index contributed by atoms with van der Waals surface area (Å²) >= 11 is 5.83. The summed E-state index contributed by atoms with van der Waals surface area (Å²) in [5.74, 6) is -0.878. The molecular formula is C17H16ClFN2O2. The van der Waals surface area contributed by atoms with Crippen LogP contribution in [0, 0.1) is 5.82 Å². The summed E-state index contributed by atoms with van der Waals surface area (Å²) in [6, 6.07) is 12.6. The van der Waals surface area contributed by atoms with Crippen LogP contribution in [0.15, 0.2) is 48.5 Å². The van der Waals surface area contributed by atoms with Crippen LogP contribution in [0.1, 0.15) is 23.2 Å². The van der Waals surface area contributed by atoms with Crippen molar-refractivity contribution < 1.29 is 14.0 Å². The van der Waals surface area contributed by atoms with Gasteiger partial charge in [0.2, 0.25) is 5.91 Å². The first kappa shape index (κ1) is 17.0. The van der Waals surface area contributed by atoms with Gasteiger partial charge in [0.25, 0.3) is 5.91 Å². The monoisotopic (exact) mass is 334 g/mol. The van der Waals surface area contributed by atoms with Gasteiger partial charge in [0.15, 0.2) is 0 Å². The van der Waals surface area contributed by atoms with E-state index in [1.165, 1.54) is 12.1 Å². The third kappa shape index (κ3) is 5.38. The van der Waals surface area contributed by atoms with Crippen molar-refractivity contribution in [1.29, 1.82) is 0 Å². The fourth-order valence-electron chi connectivity index (χ4n) is 1.95. The average Bonchev–Trinajstić information content (AvgIpc) is 2.55. The van der Waals surface area contributed by atoms with Crippen LogP contribution in [0.5, 0.6) is 0 Å². The number of nitrogens with one attached hydrogen (secondary N) is 2. The lowest BCUT2D eigenvalue weighted by Gasteiger charge is -2.08. The molecule has 0 atom stereocenters. The van der Waals surface area contributed by atoms with Crippen molar-refractivity contribution in [1.82, 2.24) is 5.32 Å². The standard InChI is InChI=1S/C17H16ClFN2O2/c18-14-11-13(19)8-9-15(14)21-16(22)7-4-10-20-17(23)12-5-2-1-3-6-12/h1-3,5-6,8-9,11H,4,7,10H2,(H,20,23)(H,21,22). The van der Waals surface area contributed by atoms with Crippen LogP contribution in [0.2, 0.25) is 5.02 Å². The van der Waals surface area contributed by atoms with Crippen LogP contribution in [0.4, 0.5) is 10.1 Å². The maximum Gasteiger partial charge on any atom is 0.251 e. The molecule has 0 spiro atoms. The van der Waals surface area contributed by atoms with E-state index in [2.05, 4.69) is 10.6 Å². The van der Waals surface area contributed by atoms with E-state index in [0.717, 1.165) is 6.07 Å². The highest BCUT2D eigenvalue weighted by Gasteiger charge is 2.08. The minimum absolute atomic E-state index is 0.149. The third-order valence-electron chi connectivity index (χ3n) is 3.11. The van der Waals surface area contributed by atoms with E-state index in [4.69, 9.17) is 11.6 Å². The topological polar surface area (TPSA) is 58.2 Å². The van der Waals surface area contributed by atoms with Crippen molar-refractivity contribution in [2.45, 2.75) is 12.8 Å². The van der Waals surface area contributed by atoms with E-state index < -0.39 is 5.82 Å². The molecule has 0 aliphatic heterocycles. The number of anilines is 1. The summed E-state index contributed by atoms with van der Waals surface area (Å²) in [6.07, 6.45) is 0.714. The van der Waals surface area contributed by atoms with Gasteiger partial charge in [0.05, 0.1) is 10.7 Å². The highest BCUT2D eigenvalue weighted by atomic mass is 35.5. The smallest absolute Gasteiger partial charge is 0.251 e. The lowest BCUT2D eigenvalue weighted by Crippen LogP contribution is -2.25. The van der Waals surface area contributed by atoms with E-state index >= 15 is 0 Å². The third-order valence-corrected chi connectivity index (χ3v) is 3.42. The van der Waals surface area contributed by atoms with Gasteiger partial charge in [0, 0.05) is 18.5 Å². The Morgan fingerprint density at radius 3 is 2.52 bits per heavy atom. The normalized spacial score (nSPS) is 10.2. The van der Waals surface area contributed by atoms with E-state index in [9.17, 15) is 14.0 Å². The van der Waals surface area contributed by atoms with Crippen LogP contribution >= 0.6 is 11.6 Å². The van der Waals surface area contributed by atoms with Crippen molar-refractivity contribution in [3.05, 3.63) is 64.9 Å². The highest BCUT2D eigenvalue weighted by Crippen LogP contribution is 2.22. The molecule has 0 saturated carbocycles. The fourth-order valence-corrected chi connectivity index (χ4v) is 2.16. The molecule has 0 saturated heterocycles. The molecule has 0 aromatic heterocycles. The molecule has 0 radical (unpaired) electrons. The molecule has 4 nitrogen and oxygen atoms in total. The molecule has 2 N–H and O–H groups in total. The van der Waals surface area contributed by atoms with E-state index in [0.29, 0.717) is 24.2 Å². The maximum absolute atomic E-state index is 12.9. The SMILES string of the molecule is O=C(CCCNC(=O)c1ccccc1)Nc1ccc(F)cc1Cl. The minimum Gasteiger partial charge on any atom is -0.352 e. The molecule has 0 unspecified atom stereocenters. The quantitative estimate of drug-likeness (QED) is 0.793. The van der Waals surface area contributed by atoms with Crippen LogP contribution in [0.25, 0.3) is 0 Å². The summed E-state index contributed by atoms with van der Waals surface area (Å²) in [4.78, 5) is 23.6. The molecule has 6 heteroatoms. The molecule has 2 aromatic rings. The van der Waals surface area contributed by atoms with Gasteiger partial charge in [-0.3, -0.25) is 9.59 Å². The zero-order valence-corrected chi connectivity index (χ0v) is 13.1. The first-order valence-corrected chi connectivity index (χ1v) is 7.52. The number of rotatable bonds is 6. The van der Waals surface area contributed by atoms with Crippen molar-refractivity contribution in [2.24, 2.45) is 0 Å². The second-order valence-corrected chi connectivity index (χ2v) is 5.31. The number of carbonyl (C=O) groups is 2. The molecule has 2 aromatic carbocycles. The molecule has 120 valence electrons. The predicted octanol–water partition coefficient (Wildman–Crippen LogP) is 3.63. The lowest BCUT2D eigenvalue weighted by molar-refractivity contribution is -0.116. The molecule has 0 fully saturated rings. The van der Waals surface area contributed by atoms with Gasteiger partial charge >= 0.3 is 0 Å². The van der Waals surface area contributed by atoms with Crippen molar-refractivity contribution in [3.8, 4) is 0 Å². The summed E-state index contributed by atoms with van der Waals surface area (Å²) in [5.41, 5.74) is 0.946. The zero-order valence-electron chi connectivity index (χ0n) is 12.3. The summed E-state index contributed by atoms with van der Waals surface area (Å²) in [5, 5.41) is 5.50. The number of hydrogen-bond donors (Lipinski definition) is 2. The average molecular weight is 335 g/mol. The Hall–Kier alpha value is -2.40. The van der Waals surface area contributed by atoms with E-state index in [1.54, 1.807) is 24.3 Å². The molecule has 0 aliphatic rings. The van der Waals surface area contributed by atoms with E-state index in [1.807, 2.05) is 6.07 Å². The lowest BCUT2D eigenvalue weighted by atomic mass is 10.2. The van der Waals surface area contributed by atoms with Gasteiger partial charge in [-0.25, -0.2) is 4.39 Å². The first-order chi connectivity index (χ1) is 11.1. The van der Waals surface area contributed by atoms with Crippen LogP contribution in [-0.4, -0.2) is 18.4 Å². The van der Waals surface area contributed by atoms with Gasteiger partial charge in [-0.1, -0.05) is 29.8 Å². The maximum atomic E-state index is 12.9. The number of amides is 2. The second-order valence-electron chi connectivity index (χ2n) is 4.90. The predicted molar refractivity (Wildman–Crippen MR) is 88.0 cm³/mol. The second kappa shape index (κ2) is 8.29. The number of benzene rings is 2. The minimum atomic E-state index is -0.461. The zero-order chi connectivity index (χ0) is 16.7. The molecule has 2 amide bonds. The Kier molecular flexibility index (Phi) is 6.11. The molecule has 0 heterocycles. The number of carbonyl (C=O) groups excluding carboxylic acids is 2. The summed E-state index contributed by atoms with van der Waals surface area (Å²) in [6.45, 7) is 0.387. The van der Waals surface area contributed by atoms with Gasteiger partial charge in [-0.05, 0) is 36.8 Å². The largest absolute Gasteiger partial charge is 0.352 e. The first-order valence-electron chi connectivity index (χ1n) is 7.14. The van der Waals surface area contributed by atoms with Gasteiger partial charge in [-0.15, -0.1) is 0 Å². The highest BCUT2D eigenvalue weighted by molar-refractivity contribution is 6.33. The van der Waals surface area contributed by atoms with Crippen LogP contribution in [-0.2, 0) is 4.79 Å². The Bertz CT molecular complexity index is 692. The molecular weight excluding hydrogens is 319 g/mol. The van der Waals surface area contributed by atoms with Gasteiger partial charge in [-0.2, -0.15) is 0 Å². The fraction of sp³-hybridized carbons (Fsp3) is 0.176. The molecule has 0 aliphatic carbocycles. The van der Waals surface area contributed by atoms with Crippen molar-refractivity contribution in [3.63, 3.8) is 0 Å². The molecule has 2 rings (SSSR count). The summed E-state index contributed by atoms with van der Waals surface area (Å²) in [7, 11) is 0. The Morgan fingerprint density at radius 2 is 1.83 bits per heavy atom. The van der Waals surface area contributed by atoms with E-state index in [-0.39, 0.29) is 23.3 Å². The molecule has 23 heavy (non-hydrogen) atoms. The van der Waals surface area contributed by atoms with Crippen LogP contribution in [0.3, 0.4) is 0 Å². The van der Waals surface area contributed by atoms with Crippen molar-refractivity contribution in [2.75, 3.05) is 11.9 Å². The Labute approximate surface area is 138 Å². The van der Waals surface area contributed by atoms with Gasteiger partial charge < -0.3 is 10.6 Å². The number of halogens is 2. The Morgan fingerprint density at radius 1 is 1.09 bits per heavy atom. The van der Waals surface area contributed by atoms with Gasteiger partial charge in [0.1, 0.15) is 5.82 Å². The Balaban J connectivity index is 1.72.